The first kappa shape index (κ1) is 18.5. The number of carbonyl (C=O) groups is 1. The zero-order valence-electron chi connectivity index (χ0n) is 14.8. The van der Waals surface area contributed by atoms with Crippen molar-refractivity contribution in [2.45, 2.75) is 19.9 Å². The molecule has 1 fully saturated rings. The van der Waals surface area contributed by atoms with Gasteiger partial charge in [-0.3, -0.25) is 4.90 Å². The standard InChI is InChI=1S/C18H29N3O3/c1-3-8-19-18(22)21(10-9-20-11-13-24-14-12-20)15-16-6-4-5-7-17(16)23-2/h4-7H,3,8-15H2,1-2H3,(H,19,22). The van der Waals surface area contributed by atoms with Gasteiger partial charge in [0.15, 0.2) is 0 Å². The average Bonchev–Trinajstić information content (AvgIpc) is 2.64. The van der Waals surface area contributed by atoms with Crippen molar-refractivity contribution in [3.05, 3.63) is 29.8 Å². The van der Waals surface area contributed by atoms with Crippen LogP contribution in [0.3, 0.4) is 0 Å². The van der Waals surface area contributed by atoms with Gasteiger partial charge in [0, 0.05) is 38.3 Å². The fourth-order valence-corrected chi connectivity index (χ4v) is 2.72. The number of carbonyl (C=O) groups excluding carboxylic acids is 1. The number of rotatable bonds is 8. The Labute approximate surface area is 144 Å². The number of morpholine rings is 1. The molecule has 134 valence electrons. The Morgan fingerprint density at radius 2 is 2.08 bits per heavy atom. The third-order valence-corrected chi connectivity index (χ3v) is 4.16. The van der Waals surface area contributed by atoms with Crippen molar-refractivity contribution in [3.63, 3.8) is 0 Å². The summed E-state index contributed by atoms with van der Waals surface area (Å²) in [5.41, 5.74) is 1.02. The number of urea groups is 1. The highest BCUT2D eigenvalue weighted by Gasteiger charge is 2.18. The molecule has 0 saturated carbocycles. The summed E-state index contributed by atoms with van der Waals surface area (Å²) in [6.07, 6.45) is 0.928. The molecule has 0 bridgehead atoms. The molecule has 6 heteroatoms. The minimum atomic E-state index is -0.0176. The molecule has 1 saturated heterocycles. The number of nitrogens with zero attached hydrogens (tertiary/aromatic N) is 2. The Morgan fingerprint density at radius 3 is 2.79 bits per heavy atom. The second-order valence-electron chi connectivity index (χ2n) is 5.92. The van der Waals surface area contributed by atoms with Crippen LogP contribution >= 0.6 is 0 Å². The van der Waals surface area contributed by atoms with E-state index in [4.69, 9.17) is 9.47 Å². The van der Waals surface area contributed by atoms with E-state index in [1.54, 1.807) is 7.11 Å². The van der Waals surface area contributed by atoms with Crippen molar-refractivity contribution >= 4 is 6.03 Å². The van der Waals surface area contributed by atoms with E-state index < -0.39 is 0 Å². The Morgan fingerprint density at radius 1 is 1.33 bits per heavy atom. The predicted molar refractivity (Wildman–Crippen MR) is 94.4 cm³/mol. The fourth-order valence-electron chi connectivity index (χ4n) is 2.72. The first-order chi connectivity index (χ1) is 11.7. The molecule has 0 radical (unpaired) electrons. The lowest BCUT2D eigenvalue weighted by molar-refractivity contribution is 0.0346. The highest BCUT2D eigenvalue weighted by atomic mass is 16.5. The lowest BCUT2D eigenvalue weighted by atomic mass is 10.2. The summed E-state index contributed by atoms with van der Waals surface area (Å²) < 4.78 is 10.8. The van der Waals surface area contributed by atoms with Crippen molar-refractivity contribution in [1.82, 2.24) is 15.1 Å². The van der Waals surface area contributed by atoms with Gasteiger partial charge in [-0.25, -0.2) is 4.79 Å². The molecule has 1 aromatic carbocycles. The van der Waals surface area contributed by atoms with Gasteiger partial charge in [0.1, 0.15) is 5.75 Å². The van der Waals surface area contributed by atoms with Crippen LogP contribution in [0.4, 0.5) is 4.79 Å². The number of para-hydroxylation sites is 1. The Bertz CT molecular complexity index is 504. The summed E-state index contributed by atoms with van der Waals surface area (Å²) >= 11 is 0. The molecule has 1 aliphatic rings. The van der Waals surface area contributed by atoms with Gasteiger partial charge in [-0.2, -0.15) is 0 Å². The number of benzene rings is 1. The van der Waals surface area contributed by atoms with Crippen molar-refractivity contribution in [1.29, 1.82) is 0 Å². The normalized spacial score (nSPS) is 15.1. The molecule has 0 unspecified atom stereocenters. The predicted octanol–water partition coefficient (Wildman–Crippen LogP) is 1.95. The number of methoxy groups -OCH3 is 1. The molecule has 2 amide bonds. The molecule has 1 heterocycles. The molecule has 6 nitrogen and oxygen atoms in total. The van der Waals surface area contributed by atoms with Crippen LogP contribution in [-0.4, -0.2) is 68.9 Å². The first-order valence-electron chi connectivity index (χ1n) is 8.69. The number of ether oxygens (including phenoxy) is 2. The molecule has 24 heavy (non-hydrogen) atoms. The Kier molecular flexibility index (Phi) is 7.85. The van der Waals surface area contributed by atoms with Crippen LogP contribution in [0.1, 0.15) is 18.9 Å². The SMILES string of the molecule is CCCNC(=O)N(CCN1CCOCC1)Cc1ccccc1OC. The van der Waals surface area contributed by atoms with Gasteiger partial charge in [-0.05, 0) is 12.5 Å². The molecule has 1 aromatic rings. The molecule has 2 rings (SSSR count). The molecule has 0 atom stereocenters. The van der Waals surface area contributed by atoms with Crippen molar-refractivity contribution in [2.24, 2.45) is 0 Å². The first-order valence-corrected chi connectivity index (χ1v) is 8.69. The van der Waals surface area contributed by atoms with Gasteiger partial charge >= 0.3 is 6.03 Å². The van der Waals surface area contributed by atoms with Crippen LogP contribution < -0.4 is 10.1 Å². The molecule has 1 aliphatic heterocycles. The zero-order chi connectivity index (χ0) is 17.2. The van der Waals surface area contributed by atoms with Crippen LogP contribution in [0.5, 0.6) is 5.75 Å². The second kappa shape index (κ2) is 10.2. The molecular weight excluding hydrogens is 306 g/mol. The van der Waals surface area contributed by atoms with Crippen LogP contribution in [0.2, 0.25) is 0 Å². The van der Waals surface area contributed by atoms with Crippen molar-refractivity contribution in [2.75, 3.05) is 53.0 Å². The summed E-state index contributed by atoms with van der Waals surface area (Å²) in [7, 11) is 1.66. The van der Waals surface area contributed by atoms with Gasteiger partial charge < -0.3 is 19.7 Å². The molecular formula is C18H29N3O3. The van der Waals surface area contributed by atoms with E-state index in [0.29, 0.717) is 19.6 Å². The summed E-state index contributed by atoms with van der Waals surface area (Å²) in [6.45, 7) is 8.24. The van der Waals surface area contributed by atoms with E-state index >= 15 is 0 Å². The molecule has 1 N–H and O–H groups in total. The number of nitrogens with one attached hydrogen (secondary N) is 1. The van der Waals surface area contributed by atoms with Crippen LogP contribution in [0.15, 0.2) is 24.3 Å². The van der Waals surface area contributed by atoms with Crippen LogP contribution in [-0.2, 0) is 11.3 Å². The molecule has 0 aromatic heterocycles. The topological polar surface area (TPSA) is 54.0 Å². The van der Waals surface area contributed by atoms with Gasteiger partial charge in [0.2, 0.25) is 0 Å². The summed E-state index contributed by atoms with van der Waals surface area (Å²) in [6, 6.07) is 7.84. The molecule has 0 spiro atoms. The van der Waals surface area contributed by atoms with Crippen molar-refractivity contribution < 1.29 is 14.3 Å². The van der Waals surface area contributed by atoms with Gasteiger partial charge in [0.05, 0.1) is 26.9 Å². The van der Waals surface area contributed by atoms with Gasteiger partial charge in [-0.15, -0.1) is 0 Å². The van der Waals surface area contributed by atoms with Gasteiger partial charge in [-0.1, -0.05) is 25.1 Å². The quantitative estimate of drug-likeness (QED) is 0.789. The minimum Gasteiger partial charge on any atom is -0.496 e. The monoisotopic (exact) mass is 335 g/mol. The third-order valence-electron chi connectivity index (χ3n) is 4.16. The lowest BCUT2D eigenvalue weighted by Gasteiger charge is -2.30. The lowest BCUT2D eigenvalue weighted by Crippen LogP contribution is -2.46. The fraction of sp³-hybridized carbons (Fsp3) is 0.611. The number of hydrogen-bond donors (Lipinski definition) is 1. The summed E-state index contributed by atoms with van der Waals surface area (Å²) in [5.74, 6) is 0.817. The largest absolute Gasteiger partial charge is 0.496 e. The van der Waals surface area contributed by atoms with E-state index in [1.165, 1.54) is 0 Å². The maximum absolute atomic E-state index is 12.5. The smallest absolute Gasteiger partial charge is 0.317 e. The highest BCUT2D eigenvalue weighted by molar-refractivity contribution is 5.74. The van der Waals surface area contributed by atoms with E-state index in [9.17, 15) is 4.79 Å². The number of hydrogen-bond acceptors (Lipinski definition) is 4. The highest BCUT2D eigenvalue weighted by Crippen LogP contribution is 2.19. The van der Waals surface area contributed by atoms with E-state index in [1.807, 2.05) is 29.2 Å². The maximum Gasteiger partial charge on any atom is 0.317 e. The minimum absolute atomic E-state index is 0.0176. The van der Waals surface area contributed by atoms with Gasteiger partial charge in [0.25, 0.3) is 0 Å². The van der Waals surface area contributed by atoms with E-state index in [-0.39, 0.29) is 6.03 Å². The number of amides is 2. The third kappa shape index (κ3) is 5.69. The Hall–Kier alpha value is -1.79. The van der Waals surface area contributed by atoms with Crippen LogP contribution in [0, 0.1) is 0 Å². The van der Waals surface area contributed by atoms with Crippen LogP contribution in [0.25, 0.3) is 0 Å². The van der Waals surface area contributed by atoms with E-state index in [0.717, 1.165) is 50.6 Å². The summed E-state index contributed by atoms with van der Waals surface area (Å²) in [4.78, 5) is 16.7. The zero-order valence-corrected chi connectivity index (χ0v) is 14.8. The maximum atomic E-state index is 12.5. The Balaban J connectivity index is 1.99. The van der Waals surface area contributed by atoms with Crippen molar-refractivity contribution in [3.8, 4) is 5.75 Å². The average molecular weight is 335 g/mol. The molecule has 0 aliphatic carbocycles. The second-order valence-corrected chi connectivity index (χ2v) is 5.92. The summed E-state index contributed by atoms with van der Waals surface area (Å²) in [5, 5.41) is 2.98. The van der Waals surface area contributed by atoms with E-state index in [2.05, 4.69) is 17.1 Å².